The second-order valence-electron chi connectivity index (χ2n) is 7.81. The third-order valence-electron chi connectivity index (χ3n) is 4.68. The maximum absolute atomic E-state index is 13.1. The standard InChI is InChI=1S/C22H27N3O/c1-15(2)13-22(4,14-17-8-6-5-7-9-17)25-21(26)19-12-18-10-11-23-20(18)24-16(19)3/h5-12,15H,13-14H2,1-4H3,(H,23,24)(H,25,26). The number of pyridine rings is 1. The van der Waals surface area contributed by atoms with E-state index in [9.17, 15) is 4.79 Å². The Labute approximate surface area is 155 Å². The predicted molar refractivity (Wildman–Crippen MR) is 106 cm³/mol. The highest BCUT2D eigenvalue weighted by Gasteiger charge is 2.29. The molecule has 0 saturated carbocycles. The first kappa shape index (κ1) is 18.2. The smallest absolute Gasteiger partial charge is 0.253 e. The zero-order valence-corrected chi connectivity index (χ0v) is 16.0. The number of aryl methyl sites for hydroxylation is 1. The summed E-state index contributed by atoms with van der Waals surface area (Å²) < 4.78 is 0. The fourth-order valence-electron chi connectivity index (χ4n) is 3.76. The summed E-state index contributed by atoms with van der Waals surface area (Å²) in [6.45, 7) is 8.39. The Morgan fingerprint density at radius 3 is 2.65 bits per heavy atom. The number of fused-ring (bicyclic) bond motifs is 1. The Balaban J connectivity index is 1.87. The van der Waals surface area contributed by atoms with Crippen molar-refractivity contribution in [3.63, 3.8) is 0 Å². The number of hydrogen-bond acceptors (Lipinski definition) is 2. The second-order valence-corrected chi connectivity index (χ2v) is 7.81. The van der Waals surface area contributed by atoms with Crippen LogP contribution in [-0.4, -0.2) is 21.4 Å². The minimum Gasteiger partial charge on any atom is -0.346 e. The van der Waals surface area contributed by atoms with Crippen LogP contribution in [0.5, 0.6) is 0 Å². The maximum Gasteiger partial charge on any atom is 0.253 e. The molecule has 0 bridgehead atoms. The van der Waals surface area contributed by atoms with E-state index in [0.717, 1.165) is 29.6 Å². The van der Waals surface area contributed by atoms with Crippen LogP contribution >= 0.6 is 0 Å². The fraction of sp³-hybridized carbons (Fsp3) is 0.364. The first-order valence-corrected chi connectivity index (χ1v) is 9.17. The lowest BCUT2D eigenvalue weighted by Crippen LogP contribution is -2.48. The van der Waals surface area contributed by atoms with Crippen LogP contribution in [0.3, 0.4) is 0 Å². The fourth-order valence-corrected chi connectivity index (χ4v) is 3.76. The summed E-state index contributed by atoms with van der Waals surface area (Å²) in [5.41, 5.74) is 3.11. The summed E-state index contributed by atoms with van der Waals surface area (Å²) >= 11 is 0. The van der Waals surface area contributed by atoms with E-state index in [0.29, 0.717) is 11.5 Å². The topological polar surface area (TPSA) is 57.8 Å². The van der Waals surface area contributed by atoms with E-state index in [1.54, 1.807) is 0 Å². The van der Waals surface area contributed by atoms with E-state index in [1.807, 2.05) is 43.5 Å². The van der Waals surface area contributed by atoms with Crippen molar-refractivity contribution >= 4 is 16.9 Å². The van der Waals surface area contributed by atoms with Crippen LogP contribution in [0.2, 0.25) is 0 Å². The Morgan fingerprint density at radius 2 is 1.96 bits per heavy atom. The van der Waals surface area contributed by atoms with Crippen LogP contribution in [0, 0.1) is 12.8 Å². The number of benzene rings is 1. The van der Waals surface area contributed by atoms with Gasteiger partial charge in [0.2, 0.25) is 0 Å². The van der Waals surface area contributed by atoms with Gasteiger partial charge in [-0.15, -0.1) is 0 Å². The van der Waals surface area contributed by atoms with Crippen molar-refractivity contribution < 1.29 is 4.79 Å². The van der Waals surface area contributed by atoms with E-state index >= 15 is 0 Å². The summed E-state index contributed by atoms with van der Waals surface area (Å²) in [6, 6.07) is 14.2. The van der Waals surface area contributed by atoms with Crippen molar-refractivity contribution in [3.8, 4) is 0 Å². The Morgan fingerprint density at radius 1 is 1.23 bits per heavy atom. The zero-order valence-electron chi connectivity index (χ0n) is 16.0. The van der Waals surface area contributed by atoms with E-state index in [-0.39, 0.29) is 11.4 Å². The minimum atomic E-state index is -0.313. The molecule has 0 aliphatic rings. The SMILES string of the molecule is Cc1nc2[nH]ccc2cc1C(=O)NC(C)(Cc1ccccc1)CC(C)C. The number of amides is 1. The molecule has 0 aliphatic heterocycles. The number of rotatable bonds is 6. The van der Waals surface area contributed by atoms with Gasteiger partial charge in [-0.05, 0) is 50.3 Å². The molecule has 1 amide bonds. The molecule has 136 valence electrons. The Hall–Kier alpha value is -2.62. The molecule has 1 aromatic carbocycles. The van der Waals surface area contributed by atoms with E-state index in [2.05, 4.69) is 48.2 Å². The number of hydrogen-bond donors (Lipinski definition) is 2. The molecule has 4 heteroatoms. The zero-order chi connectivity index (χ0) is 18.7. The summed E-state index contributed by atoms with van der Waals surface area (Å²) in [7, 11) is 0. The van der Waals surface area contributed by atoms with Crippen molar-refractivity contribution in [1.82, 2.24) is 15.3 Å². The molecule has 3 aromatic rings. The third-order valence-corrected chi connectivity index (χ3v) is 4.68. The summed E-state index contributed by atoms with van der Waals surface area (Å²) in [4.78, 5) is 20.7. The lowest BCUT2D eigenvalue weighted by Gasteiger charge is -2.33. The highest BCUT2D eigenvalue weighted by atomic mass is 16.1. The highest BCUT2D eigenvalue weighted by Crippen LogP contribution is 2.23. The average molecular weight is 349 g/mol. The molecule has 0 spiro atoms. The van der Waals surface area contributed by atoms with E-state index in [1.165, 1.54) is 5.56 Å². The predicted octanol–water partition coefficient (Wildman–Crippen LogP) is 4.65. The van der Waals surface area contributed by atoms with Gasteiger partial charge in [0, 0.05) is 17.1 Å². The molecule has 2 N–H and O–H groups in total. The molecule has 0 aliphatic carbocycles. The molecule has 0 fully saturated rings. The van der Waals surface area contributed by atoms with Crippen LogP contribution in [0.15, 0.2) is 48.7 Å². The number of aromatic amines is 1. The molecule has 1 atom stereocenters. The van der Waals surface area contributed by atoms with Crippen molar-refractivity contribution in [1.29, 1.82) is 0 Å². The van der Waals surface area contributed by atoms with Crippen LogP contribution in [0.4, 0.5) is 0 Å². The van der Waals surface area contributed by atoms with Crippen LogP contribution < -0.4 is 5.32 Å². The number of carbonyl (C=O) groups is 1. The lowest BCUT2D eigenvalue weighted by atomic mass is 9.84. The van der Waals surface area contributed by atoms with Gasteiger partial charge in [0.05, 0.1) is 11.3 Å². The molecule has 2 aromatic heterocycles. The van der Waals surface area contributed by atoms with Crippen molar-refractivity contribution in [2.45, 2.75) is 46.1 Å². The molecule has 2 heterocycles. The number of nitrogens with zero attached hydrogens (tertiary/aromatic N) is 1. The van der Waals surface area contributed by atoms with Gasteiger partial charge >= 0.3 is 0 Å². The molecule has 0 saturated heterocycles. The molecular formula is C22H27N3O. The maximum atomic E-state index is 13.1. The Kier molecular flexibility index (Phi) is 5.12. The van der Waals surface area contributed by atoms with Crippen molar-refractivity contribution in [3.05, 3.63) is 65.5 Å². The van der Waals surface area contributed by atoms with Crippen LogP contribution in [-0.2, 0) is 6.42 Å². The number of nitrogens with one attached hydrogen (secondary N) is 2. The lowest BCUT2D eigenvalue weighted by molar-refractivity contribution is 0.0893. The van der Waals surface area contributed by atoms with Gasteiger partial charge in [-0.25, -0.2) is 4.98 Å². The molecule has 3 rings (SSSR count). The average Bonchev–Trinajstić information content (AvgIpc) is 3.00. The van der Waals surface area contributed by atoms with E-state index < -0.39 is 0 Å². The van der Waals surface area contributed by atoms with E-state index in [4.69, 9.17) is 0 Å². The van der Waals surface area contributed by atoms with Crippen LogP contribution in [0.1, 0.15) is 48.8 Å². The normalized spacial score (nSPS) is 13.7. The van der Waals surface area contributed by atoms with Gasteiger partial charge in [-0.2, -0.15) is 0 Å². The third kappa shape index (κ3) is 4.13. The Bertz CT molecular complexity index is 898. The quantitative estimate of drug-likeness (QED) is 0.680. The van der Waals surface area contributed by atoms with Crippen LogP contribution in [0.25, 0.3) is 11.0 Å². The number of aromatic nitrogens is 2. The molecule has 4 nitrogen and oxygen atoms in total. The minimum absolute atomic E-state index is 0.0582. The van der Waals surface area contributed by atoms with Gasteiger partial charge in [0.15, 0.2) is 0 Å². The second kappa shape index (κ2) is 7.32. The van der Waals surface area contributed by atoms with Gasteiger partial charge in [-0.3, -0.25) is 4.79 Å². The summed E-state index contributed by atoms with van der Waals surface area (Å²) in [5.74, 6) is 0.424. The monoisotopic (exact) mass is 349 g/mol. The molecule has 26 heavy (non-hydrogen) atoms. The molecule has 0 radical (unpaired) electrons. The number of H-pyrrole nitrogens is 1. The largest absolute Gasteiger partial charge is 0.346 e. The summed E-state index contributed by atoms with van der Waals surface area (Å²) in [6.07, 6.45) is 3.56. The van der Waals surface area contributed by atoms with Gasteiger partial charge in [0.25, 0.3) is 5.91 Å². The first-order valence-electron chi connectivity index (χ1n) is 9.17. The van der Waals surface area contributed by atoms with Gasteiger partial charge in [0.1, 0.15) is 5.65 Å². The molecule has 1 unspecified atom stereocenters. The van der Waals surface area contributed by atoms with Gasteiger partial charge in [-0.1, -0.05) is 44.2 Å². The highest BCUT2D eigenvalue weighted by molar-refractivity contribution is 5.98. The molecular weight excluding hydrogens is 322 g/mol. The van der Waals surface area contributed by atoms with Gasteiger partial charge < -0.3 is 10.3 Å². The van der Waals surface area contributed by atoms with Crippen molar-refractivity contribution in [2.24, 2.45) is 5.92 Å². The summed E-state index contributed by atoms with van der Waals surface area (Å²) in [5, 5.41) is 4.25. The first-order chi connectivity index (χ1) is 12.4. The number of carbonyl (C=O) groups excluding carboxylic acids is 1. The van der Waals surface area contributed by atoms with Crippen molar-refractivity contribution in [2.75, 3.05) is 0 Å².